The summed E-state index contributed by atoms with van der Waals surface area (Å²) in [6.07, 6.45) is 2.31. The van der Waals surface area contributed by atoms with E-state index in [0.717, 1.165) is 29.8 Å². The lowest BCUT2D eigenvalue weighted by Gasteiger charge is -2.14. The first-order valence-corrected chi connectivity index (χ1v) is 7.91. The Kier molecular flexibility index (Phi) is 8.30. The predicted molar refractivity (Wildman–Crippen MR) is 101 cm³/mol. The number of methoxy groups -OCH3 is 1. The zero-order chi connectivity index (χ0) is 16.7. The maximum Gasteiger partial charge on any atom is 0.241 e. The lowest BCUT2D eigenvalue weighted by molar-refractivity contribution is -0.117. The van der Waals surface area contributed by atoms with E-state index in [1.807, 2.05) is 43.3 Å². The number of carbonyl (C=O) groups is 1. The zero-order valence-corrected chi connectivity index (χ0v) is 14.9. The highest BCUT2D eigenvalue weighted by Crippen LogP contribution is 2.25. The first kappa shape index (κ1) is 20.0. The van der Waals surface area contributed by atoms with E-state index in [4.69, 9.17) is 10.5 Å². The molecule has 3 N–H and O–H groups in total. The highest BCUT2D eigenvalue weighted by atomic mass is 35.5. The Labute approximate surface area is 149 Å². The summed E-state index contributed by atoms with van der Waals surface area (Å²) < 4.78 is 5.43. The minimum absolute atomic E-state index is 0. The first-order chi connectivity index (χ1) is 11.1. The van der Waals surface area contributed by atoms with Gasteiger partial charge in [0, 0.05) is 17.7 Å². The zero-order valence-electron chi connectivity index (χ0n) is 14.1. The number of benzene rings is 2. The number of halogens is 1. The lowest BCUT2D eigenvalue weighted by Crippen LogP contribution is -2.35. The number of hydrogen-bond donors (Lipinski definition) is 2. The fraction of sp³-hybridized carbons (Fsp3) is 0.316. The average Bonchev–Trinajstić information content (AvgIpc) is 2.56. The van der Waals surface area contributed by atoms with E-state index < -0.39 is 6.04 Å². The number of ether oxygens (including phenoxy) is 1. The Morgan fingerprint density at radius 2 is 1.92 bits per heavy atom. The van der Waals surface area contributed by atoms with Gasteiger partial charge in [0.25, 0.3) is 0 Å². The van der Waals surface area contributed by atoms with Gasteiger partial charge in [0.05, 0.1) is 13.2 Å². The molecule has 0 aromatic heterocycles. The normalized spacial score (nSPS) is 11.3. The monoisotopic (exact) mass is 348 g/mol. The molecule has 130 valence electrons. The number of carbonyl (C=O) groups excluding carboxylic acids is 1. The summed E-state index contributed by atoms with van der Waals surface area (Å²) in [4.78, 5) is 12.1. The molecule has 0 spiro atoms. The number of nitrogens with one attached hydrogen (secondary N) is 1. The smallest absolute Gasteiger partial charge is 0.241 e. The Hall–Kier alpha value is -2.04. The second-order valence-corrected chi connectivity index (χ2v) is 5.57. The Morgan fingerprint density at radius 3 is 2.54 bits per heavy atom. The molecular weight excluding hydrogens is 324 g/mol. The van der Waals surface area contributed by atoms with Crippen molar-refractivity contribution in [2.75, 3.05) is 12.4 Å². The van der Waals surface area contributed by atoms with Crippen molar-refractivity contribution < 1.29 is 9.53 Å². The molecule has 0 aliphatic carbocycles. The molecule has 2 rings (SSSR count). The van der Waals surface area contributed by atoms with Gasteiger partial charge in [-0.25, -0.2) is 0 Å². The van der Waals surface area contributed by atoms with E-state index in [9.17, 15) is 4.79 Å². The van der Waals surface area contributed by atoms with Gasteiger partial charge in [-0.3, -0.25) is 4.79 Å². The van der Waals surface area contributed by atoms with Crippen molar-refractivity contribution in [1.82, 2.24) is 0 Å². The highest BCUT2D eigenvalue weighted by molar-refractivity contribution is 5.94. The van der Waals surface area contributed by atoms with Gasteiger partial charge in [0.1, 0.15) is 5.75 Å². The number of anilines is 1. The van der Waals surface area contributed by atoms with Crippen LogP contribution >= 0.6 is 12.4 Å². The summed E-state index contributed by atoms with van der Waals surface area (Å²) in [5.74, 6) is 0.660. The molecule has 0 saturated heterocycles. The average molecular weight is 349 g/mol. The highest BCUT2D eigenvalue weighted by Gasteiger charge is 2.13. The van der Waals surface area contributed by atoms with Crippen LogP contribution in [0, 0.1) is 0 Å². The van der Waals surface area contributed by atoms with E-state index in [1.54, 1.807) is 7.11 Å². The van der Waals surface area contributed by atoms with Crippen LogP contribution in [0.2, 0.25) is 0 Å². The van der Waals surface area contributed by atoms with Crippen molar-refractivity contribution >= 4 is 24.0 Å². The number of nitrogens with two attached hydrogens (primary N) is 1. The molecule has 1 unspecified atom stereocenters. The molecular formula is C19H25ClN2O2. The van der Waals surface area contributed by atoms with Crippen molar-refractivity contribution in [2.24, 2.45) is 5.73 Å². The van der Waals surface area contributed by atoms with Crippen LogP contribution in [0.3, 0.4) is 0 Å². The molecule has 0 bridgehead atoms. The van der Waals surface area contributed by atoms with E-state index >= 15 is 0 Å². The van der Waals surface area contributed by atoms with Gasteiger partial charge in [0.15, 0.2) is 0 Å². The Balaban J connectivity index is 0.00000288. The SMILES string of the molecule is CCCC(N)C(=O)Nc1ccc(OC)c(Cc2ccccc2)c1.Cl. The molecule has 0 heterocycles. The summed E-state index contributed by atoms with van der Waals surface area (Å²) in [5, 5.41) is 2.88. The van der Waals surface area contributed by atoms with Crippen LogP contribution < -0.4 is 15.8 Å². The van der Waals surface area contributed by atoms with Crippen molar-refractivity contribution in [3.63, 3.8) is 0 Å². The molecule has 0 aliphatic heterocycles. The molecule has 0 radical (unpaired) electrons. The van der Waals surface area contributed by atoms with Crippen LogP contribution in [0.15, 0.2) is 48.5 Å². The molecule has 2 aromatic rings. The third-order valence-electron chi connectivity index (χ3n) is 3.72. The van der Waals surface area contributed by atoms with E-state index in [-0.39, 0.29) is 18.3 Å². The second kappa shape index (κ2) is 9.96. The van der Waals surface area contributed by atoms with Crippen LogP contribution in [0.25, 0.3) is 0 Å². The molecule has 0 aliphatic rings. The number of amides is 1. The molecule has 2 aromatic carbocycles. The molecule has 0 saturated carbocycles. The third-order valence-corrected chi connectivity index (χ3v) is 3.72. The molecule has 24 heavy (non-hydrogen) atoms. The maximum atomic E-state index is 12.1. The maximum absolute atomic E-state index is 12.1. The van der Waals surface area contributed by atoms with Crippen LogP contribution in [0.1, 0.15) is 30.9 Å². The fourth-order valence-electron chi connectivity index (χ4n) is 2.49. The van der Waals surface area contributed by atoms with Crippen molar-refractivity contribution in [3.05, 3.63) is 59.7 Å². The molecule has 1 amide bonds. The van der Waals surface area contributed by atoms with Gasteiger partial charge in [-0.15, -0.1) is 12.4 Å². The van der Waals surface area contributed by atoms with Gasteiger partial charge >= 0.3 is 0 Å². The molecule has 0 fully saturated rings. The fourth-order valence-corrected chi connectivity index (χ4v) is 2.49. The van der Waals surface area contributed by atoms with Gasteiger partial charge in [0.2, 0.25) is 5.91 Å². The molecule has 5 heteroatoms. The van der Waals surface area contributed by atoms with Crippen LogP contribution in [0.5, 0.6) is 5.75 Å². The topological polar surface area (TPSA) is 64.4 Å². The molecule has 1 atom stereocenters. The number of hydrogen-bond acceptors (Lipinski definition) is 3. The minimum Gasteiger partial charge on any atom is -0.496 e. The summed E-state index contributed by atoms with van der Waals surface area (Å²) in [6.45, 7) is 2.01. The van der Waals surface area contributed by atoms with E-state index in [1.165, 1.54) is 5.56 Å². The standard InChI is InChI=1S/C19H24N2O2.ClH/c1-3-7-17(20)19(22)21-16-10-11-18(23-2)15(13-16)12-14-8-5-4-6-9-14;/h4-6,8-11,13,17H,3,7,12,20H2,1-2H3,(H,21,22);1H. The van der Waals surface area contributed by atoms with Gasteiger partial charge in [-0.1, -0.05) is 43.7 Å². The first-order valence-electron chi connectivity index (χ1n) is 7.91. The van der Waals surface area contributed by atoms with Crippen LogP contribution in [0.4, 0.5) is 5.69 Å². The predicted octanol–water partition coefficient (Wildman–Crippen LogP) is 3.77. The van der Waals surface area contributed by atoms with Crippen molar-refractivity contribution in [1.29, 1.82) is 0 Å². The lowest BCUT2D eigenvalue weighted by atomic mass is 10.0. The number of rotatable bonds is 7. The second-order valence-electron chi connectivity index (χ2n) is 5.57. The van der Waals surface area contributed by atoms with Crippen LogP contribution in [-0.4, -0.2) is 19.1 Å². The Bertz CT molecular complexity index is 647. The van der Waals surface area contributed by atoms with Gasteiger partial charge < -0.3 is 15.8 Å². The Morgan fingerprint density at radius 1 is 1.21 bits per heavy atom. The van der Waals surface area contributed by atoms with Gasteiger partial charge in [-0.2, -0.15) is 0 Å². The van der Waals surface area contributed by atoms with Gasteiger partial charge in [-0.05, 0) is 30.2 Å². The summed E-state index contributed by atoms with van der Waals surface area (Å²) in [5.41, 5.74) is 8.82. The molecule has 4 nitrogen and oxygen atoms in total. The third kappa shape index (κ3) is 5.55. The largest absolute Gasteiger partial charge is 0.496 e. The van der Waals surface area contributed by atoms with Crippen molar-refractivity contribution in [2.45, 2.75) is 32.2 Å². The summed E-state index contributed by atoms with van der Waals surface area (Å²) in [6, 6.07) is 15.3. The van der Waals surface area contributed by atoms with E-state index in [2.05, 4.69) is 17.4 Å². The van der Waals surface area contributed by atoms with Crippen LogP contribution in [-0.2, 0) is 11.2 Å². The quantitative estimate of drug-likeness (QED) is 0.800. The van der Waals surface area contributed by atoms with E-state index in [0.29, 0.717) is 6.42 Å². The van der Waals surface area contributed by atoms with Crippen molar-refractivity contribution in [3.8, 4) is 5.75 Å². The summed E-state index contributed by atoms with van der Waals surface area (Å²) in [7, 11) is 1.65. The minimum atomic E-state index is -0.473. The summed E-state index contributed by atoms with van der Waals surface area (Å²) >= 11 is 0.